The van der Waals surface area contributed by atoms with Crippen LogP contribution < -0.4 is 4.74 Å². The van der Waals surface area contributed by atoms with Crippen molar-refractivity contribution in [1.82, 2.24) is 0 Å². The molecule has 0 bridgehead atoms. The summed E-state index contributed by atoms with van der Waals surface area (Å²) in [6.45, 7) is 2.50. The number of rotatable bonds is 11. The lowest BCUT2D eigenvalue weighted by Gasteiger charge is -2.06. The van der Waals surface area contributed by atoms with Crippen molar-refractivity contribution in [2.75, 3.05) is 6.61 Å². The summed E-state index contributed by atoms with van der Waals surface area (Å²) in [6, 6.07) is 7.26. The first-order chi connectivity index (χ1) is 10.1. The second-order valence-electron chi connectivity index (χ2n) is 5.06. The Labute approximate surface area is 126 Å². The van der Waals surface area contributed by atoms with E-state index in [0.29, 0.717) is 13.0 Å². The van der Waals surface area contributed by atoms with Crippen LogP contribution in [-0.2, 0) is 4.79 Å². The van der Waals surface area contributed by atoms with Crippen molar-refractivity contribution >= 4 is 11.8 Å². The monoisotopic (exact) mass is 292 g/mol. The molecule has 0 aliphatic rings. The van der Waals surface area contributed by atoms with Crippen LogP contribution >= 0.6 is 0 Å². The number of carbonyl (C=O) groups is 2. The number of carbonyl (C=O) groups excluding carboxylic acids is 1. The van der Waals surface area contributed by atoms with Gasteiger partial charge in [0.05, 0.1) is 6.61 Å². The average molecular weight is 292 g/mol. The smallest absolute Gasteiger partial charge is 0.303 e. The summed E-state index contributed by atoms with van der Waals surface area (Å²) in [5, 5.41) is 8.51. The number of ketones is 1. The van der Waals surface area contributed by atoms with Gasteiger partial charge < -0.3 is 9.84 Å². The molecular weight excluding hydrogens is 268 g/mol. The summed E-state index contributed by atoms with van der Waals surface area (Å²) in [5.41, 5.74) is 0.725. The first-order valence-electron chi connectivity index (χ1n) is 7.61. The number of hydrogen-bond acceptors (Lipinski definition) is 3. The van der Waals surface area contributed by atoms with Gasteiger partial charge in [0.15, 0.2) is 5.78 Å². The maximum absolute atomic E-state index is 11.5. The maximum atomic E-state index is 11.5. The lowest BCUT2D eigenvalue weighted by Crippen LogP contribution is -1.99. The van der Waals surface area contributed by atoms with Gasteiger partial charge in [-0.25, -0.2) is 0 Å². The molecule has 0 unspecified atom stereocenters. The minimum Gasteiger partial charge on any atom is -0.494 e. The standard InChI is InChI=1S/C17H24O4/c1-2-16(18)14-9-11-15(12-10-14)21-13-7-5-3-4-6-8-17(19)20/h9-12H,2-8,13H2,1H3,(H,19,20). The number of unbranched alkanes of at least 4 members (excludes halogenated alkanes) is 4. The predicted molar refractivity (Wildman–Crippen MR) is 81.9 cm³/mol. The van der Waals surface area contributed by atoms with Crippen molar-refractivity contribution in [3.05, 3.63) is 29.8 Å². The summed E-state index contributed by atoms with van der Waals surface area (Å²) in [7, 11) is 0. The number of hydrogen-bond donors (Lipinski definition) is 1. The van der Waals surface area contributed by atoms with Crippen molar-refractivity contribution in [3.63, 3.8) is 0 Å². The predicted octanol–water partition coefficient (Wildman–Crippen LogP) is 4.08. The van der Waals surface area contributed by atoms with Gasteiger partial charge >= 0.3 is 5.97 Å². The average Bonchev–Trinajstić information content (AvgIpc) is 2.49. The van der Waals surface area contributed by atoms with E-state index in [2.05, 4.69) is 0 Å². The molecule has 0 aliphatic heterocycles. The highest BCUT2D eigenvalue weighted by Gasteiger charge is 2.02. The molecule has 4 nitrogen and oxygen atoms in total. The third-order valence-corrected chi connectivity index (χ3v) is 3.30. The Morgan fingerprint density at radius 1 is 1.00 bits per heavy atom. The highest BCUT2D eigenvalue weighted by Crippen LogP contribution is 2.14. The van der Waals surface area contributed by atoms with Gasteiger partial charge in [0, 0.05) is 18.4 Å². The van der Waals surface area contributed by atoms with Gasteiger partial charge in [-0.1, -0.05) is 26.2 Å². The summed E-state index contributed by atoms with van der Waals surface area (Å²) in [4.78, 5) is 21.8. The highest BCUT2D eigenvalue weighted by molar-refractivity contribution is 5.95. The van der Waals surface area contributed by atoms with Crippen LogP contribution in [0.1, 0.15) is 62.2 Å². The molecule has 1 rings (SSSR count). The molecule has 0 fully saturated rings. The number of ether oxygens (including phenoxy) is 1. The van der Waals surface area contributed by atoms with Gasteiger partial charge in [-0.3, -0.25) is 9.59 Å². The van der Waals surface area contributed by atoms with Crippen molar-refractivity contribution in [2.24, 2.45) is 0 Å². The molecule has 116 valence electrons. The minimum atomic E-state index is -0.719. The summed E-state index contributed by atoms with van der Waals surface area (Å²) >= 11 is 0. The maximum Gasteiger partial charge on any atom is 0.303 e. The Morgan fingerprint density at radius 2 is 1.62 bits per heavy atom. The lowest BCUT2D eigenvalue weighted by atomic mass is 10.1. The molecule has 0 aromatic heterocycles. The van der Waals surface area contributed by atoms with E-state index in [0.717, 1.165) is 43.4 Å². The van der Waals surface area contributed by atoms with Crippen LogP contribution in [0.4, 0.5) is 0 Å². The van der Waals surface area contributed by atoms with Crippen LogP contribution in [0, 0.1) is 0 Å². The molecule has 1 aromatic rings. The third kappa shape index (κ3) is 7.49. The van der Waals surface area contributed by atoms with Gasteiger partial charge in [0.1, 0.15) is 5.75 Å². The van der Waals surface area contributed by atoms with Crippen molar-refractivity contribution in [3.8, 4) is 5.75 Å². The van der Waals surface area contributed by atoms with Crippen molar-refractivity contribution in [1.29, 1.82) is 0 Å². The van der Waals surface area contributed by atoms with Gasteiger partial charge in [-0.15, -0.1) is 0 Å². The molecule has 0 heterocycles. The first kappa shape index (κ1) is 17.2. The fraction of sp³-hybridized carbons (Fsp3) is 0.529. The number of carboxylic acids is 1. The van der Waals surface area contributed by atoms with E-state index in [1.165, 1.54) is 0 Å². The number of aliphatic carboxylic acids is 1. The molecular formula is C17H24O4. The van der Waals surface area contributed by atoms with E-state index in [1.54, 1.807) is 12.1 Å². The lowest BCUT2D eigenvalue weighted by molar-refractivity contribution is -0.137. The zero-order valence-corrected chi connectivity index (χ0v) is 12.6. The van der Waals surface area contributed by atoms with Crippen molar-refractivity contribution < 1.29 is 19.4 Å². The zero-order valence-electron chi connectivity index (χ0n) is 12.6. The fourth-order valence-corrected chi connectivity index (χ4v) is 2.04. The molecule has 21 heavy (non-hydrogen) atoms. The quantitative estimate of drug-likeness (QED) is 0.493. The zero-order chi connectivity index (χ0) is 15.5. The fourth-order valence-electron chi connectivity index (χ4n) is 2.04. The van der Waals surface area contributed by atoms with Crippen LogP contribution in [0.2, 0.25) is 0 Å². The third-order valence-electron chi connectivity index (χ3n) is 3.30. The summed E-state index contributed by atoms with van der Waals surface area (Å²) < 4.78 is 5.61. The van der Waals surface area contributed by atoms with Crippen molar-refractivity contribution in [2.45, 2.75) is 51.9 Å². The van der Waals surface area contributed by atoms with E-state index in [4.69, 9.17) is 9.84 Å². The Balaban J connectivity index is 2.10. The molecule has 0 spiro atoms. The minimum absolute atomic E-state index is 0.142. The first-order valence-corrected chi connectivity index (χ1v) is 7.61. The molecule has 0 saturated carbocycles. The topological polar surface area (TPSA) is 63.6 Å². The highest BCUT2D eigenvalue weighted by atomic mass is 16.5. The molecule has 0 atom stereocenters. The van der Waals surface area contributed by atoms with Crippen LogP contribution in [0.15, 0.2) is 24.3 Å². The largest absolute Gasteiger partial charge is 0.494 e. The summed E-state index contributed by atoms with van der Waals surface area (Å²) in [6.07, 6.45) is 5.54. The van der Waals surface area contributed by atoms with E-state index < -0.39 is 5.97 Å². The second kappa shape index (κ2) is 9.97. The van der Waals surface area contributed by atoms with E-state index in [9.17, 15) is 9.59 Å². The molecule has 1 aromatic carbocycles. The normalized spacial score (nSPS) is 10.3. The van der Waals surface area contributed by atoms with Gasteiger partial charge in [-0.05, 0) is 37.1 Å². The molecule has 0 saturated heterocycles. The Bertz CT molecular complexity index is 437. The van der Waals surface area contributed by atoms with Crippen LogP contribution in [-0.4, -0.2) is 23.5 Å². The second-order valence-corrected chi connectivity index (χ2v) is 5.06. The summed E-state index contributed by atoms with van der Waals surface area (Å²) in [5.74, 6) is 0.208. The molecule has 4 heteroatoms. The Hall–Kier alpha value is -1.84. The van der Waals surface area contributed by atoms with Gasteiger partial charge in [-0.2, -0.15) is 0 Å². The van der Waals surface area contributed by atoms with Gasteiger partial charge in [0.25, 0.3) is 0 Å². The number of benzene rings is 1. The molecule has 0 radical (unpaired) electrons. The van der Waals surface area contributed by atoms with Crippen LogP contribution in [0.3, 0.4) is 0 Å². The van der Waals surface area contributed by atoms with Crippen LogP contribution in [0.25, 0.3) is 0 Å². The SMILES string of the molecule is CCC(=O)c1ccc(OCCCCCCCC(=O)O)cc1. The van der Waals surface area contributed by atoms with Crippen LogP contribution in [0.5, 0.6) is 5.75 Å². The van der Waals surface area contributed by atoms with E-state index >= 15 is 0 Å². The molecule has 0 aliphatic carbocycles. The molecule has 1 N–H and O–H groups in total. The van der Waals surface area contributed by atoms with Gasteiger partial charge in [0.2, 0.25) is 0 Å². The van der Waals surface area contributed by atoms with E-state index in [-0.39, 0.29) is 12.2 Å². The number of carboxylic acid groups (broad SMARTS) is 1. The van der Waals surface area contributed by atoms with E-state index in [1.807, 2.05) is 19.1 Å². The Morgan fingerprint density at radius 3 is 2.24 bits per heavy atom. The molecule has 0 amide bonds. The number of Topliss-reactive ketones (excluding diaryl/α,β-unsaturated/α-hetero) is 1. The Kier molecular flexibility index (Phi) is 8.17.